The molecular formula is C16H14F3N3O2S. The standard InChI is InChI=1S/C16H14F3N3O2S/c1-9-7-20-15(25-9)21-14(24)10-5-13(23)22(8-10)12-4-2-3-11(6-12)16(17,18)19/h2-4,6-7,10H,5,8H2,1H3,(H,20,21,24). The fourth-order valence-electron chi connectivity index (χ4n) is 2.60. The van der Waals surface area contributed by atoms with E-state index in [0.29, 0.717) is 5.13 Å². The molecule has 5 nitrogen and oxygen atoms in total. The molecule has 1 aliphatic rings. The van der Waals surface area contributed by atoms with Crippen molar-refractivity contribution in [2.75, 3.05) is 16.8 Å². The SMILES string of the molecule is Cc1cnc(NC(=O)C2CC(=O)N(c3cccc(C(F)(F)F)c3)C2)s1. The van der Waals surface area contributed by atoms with E-state index in [1.807, 2.05) is 6.92 Å². The van der Waals surface area contributed by atoms with Crippen molar-refractivity contribution in [2.45, 2.75) is 19.5 Å². The smallest absolute Gasteiger partial charge is 0.312 e. The zero-order valence-corrected chi connectivity index (χ0v) is 13.9. The summed E-state index contributed by atoms with van der Waals surface area (Å²) >= 11 is 1.31. The lowest BCUT2D eigenvalue weighted by atomic mass is 10.1. The van der Waals surface area contributed by atoms with Gasteiger partial charge in [-0.15, -0.1) is 11.3 Å². The summed E-state index contributed by atoms with van der Waals surface area (Å²) in [6, 6.07) is 4.54. The van der Waals surface area contributed by atoms with Crippen molar-refractivity contribution in [1.29, 1.82) is 0 Å². The number of rotatable bonds is 3. The first-order valence-corrected chi connectivity index (χ1v) is 8.26. The number of aryl methyl sites for hydroxylation is 1. The van der Waals surface area contributed by atoms with Crippen LogP contribution in [0.4, 0.5) is 24.0 Å². The van der Waals surface area contributed by atoms with E-state index in [4.69, 9.17) is 0 Å². The van der Waals surface area contributed by atoms with Crippen LogP contribution >= 0.6 is 11.3 Å². The highest BCUT2D eigenvalue weighted by atomic mass is 32.1. The van der Waals surface area contributed by atoms with Crippen molar-refractivity contribution in [3.63, 3.8) is 0 Å². The average Bonchev–Trinajstić information content (AvgIpc) is 3.12. The number of nitrogens with one attached hydrogen (secondary N) is 1. The lowest BCUT2D eigenvalue weighted by molar-refractivity contribution is -0.137. The van der Waals surface area contributed by atoms with Gasteiger partial charge in [0.15, 0.2) is 5.13 Å². The Morgan fingerprint density at radius 1 is 1.40 bits per heavy atom. The molecule has 0 saturated carbocycles. The topological polar surface area (TPSA) is 62.3 Å². The molecule has 1 saturated heterocycles. The summed E-state index contributed by atoms with van der Waals surface area (Å²) in [7, 11) is 0. The number of alkyl halides is 3. The third-order valence-corrected chi connectivity index (χ3v) is 4.66. The summed E-state index contributed by atoms with van der Waals surface area (Å²) in [5.41, 5.74) is -0.691. The molecule has 2 aromatic rings. The molecule has 1 fully saturated rings. The molecule has 1 atom stereocenters. The van der Waals surface area contributed by atoms with Gasteiger partial charge in [-0.2, -0.15) is 13.2 Å². The Morgan fingerprint density at radius 3 is 2.80 bits per heavy atom. The van der Waals surface area contributed by atoms with Crippen LogP contribution in [0.2, 0.25) is 0 Å². The summed E-state index contributed by atoms with van der Waals surface area (Å²) in [4.78, 5) is 30.6. The molecule has 9 heteroatoms. The normalized spacial score (nSPS) is 17.8. The fraction of sp³-hybridized carbons (Fsp3) is 0.312. The molecule has 0 aliphatic carbocycles. The van der Waals surface area contributed by atoms with E-state index in [1.165, 1.54) is 28.4 Å². The number of amides is 2. The molecule has 0 bridgehead atoms. The molecule has 132 valence electrons. The summed E-state index contributed by atoms with van der Waals surface area (Å²) in [5.74, 6) is -1.38. The highest BCUT2D eigenvalue weighted by Gasteiger charge is 2.37. The zero-order chi connectivity index (χ0) is 18.2. The largest absolute Gasteiger partial charge is 0.416 e. The second-order valence-electron chi connectivity index (χ2n) is 5.72. The van der Waals surface area contributed by atoms with Crippen LogP contribution in [0.3, 0.4) is 0 Å². The number of carbonyl (C=O) groups excluding carboxylic acids is 2. The van der Waals surface area contributed by atoms with Crippen LogP contribution in [0.5, 0.6) is 0 Å². The van der Waals surface area contributed by atoms with E-state index in [9.17, 15) is 22.8 Å². The summed E-state index contributed by atoms with van der Waals surface area (Å²) < 4.78 is 38.5. The van der Waals surface area contributed by atoms with Crippen molar-refractivity contribution >= 4 is 34.0 Å². The van der Waals surface area contributed by atoms with E-state index in [0.717, 1.165) is 17.0 Å². The van der Waals surface area contributed by atoms with E-state index in [-0.39, 0.29) is 30.5 Å². The van der Waals surface area contributed by atoms with Gasteiger partial charge in [-0.1, -0.05) is 6.07 Å². The van der Waals surface area contributed by atoms with Crippen molar-refractivity contribution in [1.82, 2.24) is 4.98 Å². The first kappa shape index (κ1) is 17.4. The van der Waals surface area contributed by atoms with Crippen LogP contribution in [-0.4, -0.2) is 23.3 Å². The molecule has 1 aliphatic heterocycles. The molecule has 1 unspecified atom stereocenters. The predicted octanol–water partition coefficient (Wildman–Crippen LogP) is 3.46. The maximum atomic E-state index is 12.8. The van der Waals surface area contributed by atoms with Gasteiger partial charge in [-0.05, 0) is 25.1 Å². The van der Waals surface area contributed by atoms with Gasteiger partial charge in [-0.3, -0.25) is 9.59 Å². The number of halogens is 3. The summed E-state index contributed by atoms with van der Waals surface area (Å²) in [6.45, 7) is 1.89. The van der Waals surface area contributed by atoms with Gasteiger partial charge in [0, 0.05) is 29.7 Å². The highest BCUT2D eigenvalue weighted by molar-refractivity contribution is 7.15. The van der Waals surface area contributed by atoms with Crippen LogP contribution in [0.25, 0.3) is 0 Å². The van der Waals surface area contributed by atoms with Gasteiger partial charge in [-0.25, -0.2) is 4.98 Å². The van der Waals surface area contributed by atoms with Gasteiger partial charge in [0.25, 0.3) is 0 Å². The molecule has 2 heterocycles. The van der Waals surface area contributed by atoms with Gasteiger partial charge in [0.05, 0.1) is 11.5 Å². The first-order valence-electron chi connectivity index (χ1n) is 7.45. The van der Waals surface area contributed by atoms with Crippen LogP contribution in [0.15, 0.2) is 30.5 Å². The predicted molar refractivity (Wildman–Crippen MR) is 87.4 cm³/mol. The minimum atomic E-state index is -4.49. The number of benzene rings is 1. The lowest BCUT2D eigenvalue weighted by Gasteiger charge is -2.18. The van der Waals surface area contributed by atoms with Gasteiger partial charge in [0.1, 0.15) is 0 Å². The van der Waals surface area contributed by atoms with E-state index in [1.54, 1.807) is 6.20 Å². The number of hydrogen-bond acceptors (Lipinski definition) is 4. The Bertz CT molecular complexity index is 819. The van der Waals surface area contributed by atoms with Gasteiger partial charge >= 0.3 is 6.18 Å². The Labute approximate surface area is 145 Å². The molecule has 0 spiro atoms. The maximum absolute atomic E-state index is 12.8. The number of thiazole rings is 1. The van der Waals surface area contributed by atoms with Crippen LogP contribution < -0.4 is 10.2 Å². The second kappa shape index (κ2) is 6.47. The van der Waals surface area contributed by atoms with Gasteiger partial charge in [0.2, 0.25) is 11.8 Å². The maximum Gasteiger partial charge on any atom is 0.416 e. The number of nitrogens with zero attached hydrogens (tertiary/aromatic N) is 2. The quantitative estimate of drug-likeness (QED) is 0.901. The average molecular weight is 369 g/mol. The van der Waals surface area contributed by atoms with E-state index < -0.39 is 17.7 Å². The molecule has 25 heavy (non-hydrogen) atoms. The molecule has 1 aromatic carbocycles. The van der Waals surface area contributed by atoms with Crippen molar-refractivity contribution < 1.29 is 22.8 Å². The highest BCUT2D eigenvalue weighted by Crippen LogP contribution is 2.33. The van der Waals surface area contributed by atoms with Crippen molar-refractivity contribution in [2.24, 2.45) is 5.92 Å². The monoisotopic (exact) mass is 369 g/mol. The van der Waals surface area contributed by atoms with Crippen LogP contribution in [0, 0.1) is 12.8 Å². The summed E-state index contributed by atoms with van der Waals surface area (Å²) in [6.07, 6.45) is -2.92. The zero-order valence-electron chi connectivity index (χ0n) is 13.1. The number of aromatic nitrogens is 1. The third-order valence-electron chi connectivity index (χ3n) is 3.83. The van der Waals surface area contributed by atoms with E-state index in [2.05, 4.69) is 10.3 Å². The molecule has 3 rings (SSSR count). The number of hydrogen-bond donors (Lipinski definition) is 1. The number of anilines is 2. The minimum Gasteiger partial charge on any atom is -0.312 e. The molecular weight excluding hydrogens is 355 g/mol. The van der Waals surface area contributed by atoms with E-state index >= 15 is 0 Å². The Kier molecular flexibility index (Phi) is 4.51. The second-order valence-corrected chi connectivity index (χ2v) is 6.95. The third kappa shape index (κ3) is 3.81. The number of carbonyl (C=O) groups is 2. The van der Waals surface area contributed by atoms with Crippen LogP contribution in [-0.2, 0) is 15.8 Å². The summed E-state index contributed by atoms with van der Waals surface area (Å²) in [5, 5.41) is 3.08. The Morgan fingerprint density at radius 2 is 2.16 bits per heavy atom. The minimum absolute atomic E-state index is 0.0380. The first-order chi connectivity index (χ1) is 11.7. The van der Waals surface area contributed by atoms with Crippen molar-refractivity contribution in [3.8, 4) is 0 Å². The molecule has 1 N–H and O–H groups in total. The van der Waals surface area contributed by atoms with Crippen molar-refractivity contribution in [3.05, 3.63) is 40.9 Å². The molecule has 2 amide bonds. The Hall–Kier alpha value is -2.42. The molecule has 0 radical (unpaired) electrons. The fourth-order valence-corrected chi connectivity index (χ4v) is 3.27. The Balaban J connectivity index is 1.73. The molecule has 1 aromatic heterocycles. The lowest BCUT2D eigenvalue weighted by Crippen LogP contribution is -2.28. The van der Waals surface area contributed by atoms with Gasteiger partial charge < -0.3 is 10.2 Å². The van der Waals surface area contributed by atoms with Crippen LogP contribution in [0.1, 0.15) is 16.9 Å².